The highest BCUT2D eigenvalue weighted by Crippen LogP contribution is 2.34. The van der Waals surface area contributed by atoms with Gasteiger partial charge in [0, 0.05) is 43.9 Å². The number of benzene rings is 1. The first-order valence-electron chi connectivity index (χ1n) is 8.36. The number of nitrogens with zero attached hydrogens (tertiary/aromatic N) is 1. The van der Waals surface area contributed by atoms with Gasteiger partial charge in [0.25, 0.3) is 0 Å². The van der Waals surface area contributed by atoms with Crippen LogP contribution in [0.4, 0.5) is 0 Å². The zero-order chi connectivity index (χ0) is 14.7. The molecule has 0 aliphatic carbocycles. The van der Waals surface area contributed by atoms with E-state index in [1.807, 2.05) is 0 Å². The summed E-state index contributed by atoms with van der Waals surface area (Å²) in [6.45, 7) is 8.77. The summed E-state index contributed by atoms with van der Waals surface area (Å²) in [5, 5.41) is 3.75. The first-order valence-corrected chi connectivity index (χ1v) is 8.36. The minimum absolute atomic E-state index is 0.300. The third-order valence-electron chi connectivity index (χ3n) is 5.36. The van der Waals surface area contributed by atoms with Crippen LogP contribution >= 0.6 is 0 Å². The molecule has 2 aliphatic heterocycles. The molecule has 2 aliphatic rings. The van der Waals surface area contributed by atoms with Crippen molar-refractivity contribution in [3.05, 3.63) is 35.9 Å². The van der Waals surface area contributed by atoms with Crippen molar-refractivity contribution < 1.29 is 4.74 Å². The van der Waals surface area contributed by atoms with Crippen LogP contribution in [0.25, 0.3) is 0 Å². The highest BCUT2D eigenvalue weighted by Gasteiger charge is 2.40. The van der Waals surface area contributed by atoms with Gasteiger partial charge in [-0.2, -0.15) is 0 Å². The molecule has 0 spiro atoms. The first kappa shape index (κ1) is 15.0. The number of piperazine rings is 1. The second-order valence-electron chi connectivity index (χ2n) is 6.70. The van der Waals surface area contributed by atoms with E-state index in [0.717, 1.165) is 39.1 Å². The van der Waals surface area contributed by atoms with E-state index in [0.29, 0.717) is 17.6 Å². The topological polar surface area (TPSA) is 24.5 Å². The molecule has 2 fully saturated rings. The lowest BCUT2D eigenvalue weighted by Gasteiger charge is -2.52. The zero-order valence-corrected chi connectivity index (χ0v) is 13.3. The van der Waals surface area contributed by atoms with E-state index in [-0.39, 0.29) is 0 Å². The van der Waals surface area contributed by atoms with E-state index in [1.165, 1.54) is 12.0 Å². The number of rotatable bonds is 3. The Morgan fingerprint density at radius 3 is 2.62 bits per heavy atom. The van der Waals surface area contributed by atoms with Crippen LogP contribution in [-0.4, -0.2) is 42.8 Å². The van der Waals surface area contributed by atoms with Crippen molar-refractivity contribution in [1.82, 2.24) is 10.2 Å². The fraction of sp³-hybridized carbons (Fsp3) is 0.667. The molecule has 2 saturated heterocycles. The Kier molecular flexibility index (Phi) is 4.63. The molecular formula is C18H28N2O. The van der Waals surface area contributed by atoms with Crippen LogP contribution in [0.5, 0.6) is 0 Å². The third kappa shape index (κ3) is 3.15. The van der Waals surface area contributed by atoms with Gasteiger partial charge in [0.05, 0.1) is 0 Å². The van der Waals surface area contributed by atoms with Gasteiger partial charge >= 0.3 is 0 Å². The molecule has 0 saturated carbocycles. The molecule has 0 amide bonds. The van der Waals surface area contributed by atoms with E-state index in [1.54, 1.807) is 0 Å². The second kappa shape index (κ2) is 6.47. The van der Waals surface area contributed by atoms with Gasteiger partial charge in [-0.25, -0.2) is 0 Å². The number of ether oxygens (including phenoxy) is 1. The predicted molar refractivity (Wildman–Crippen MR) is 86.4 cm³/mol. The van der Waals surface area contributed by atoms with Crippen molar-refractivity contribution >= 4 is 0 Å². The van der Waals surface area contributed by atoms with E-state index < -0.39 is 0 Å². The molecule has 0 radical (unpaired) electrons. The van der Waals surface area contributed by atoms with E-state index in [2.05, 4.69) is 54.4 Å². The quantitative estimate of drug-likeness (QED) is 0.925. The maximum absolute atomic E-state index is 5.59. The van der Waals surface area contributed by atoms with Gasteiger partial charge < -0.3 is 10.1 Å². The molecule has 116 valence electrons. The minimum Gasteiger partial charge on any atom is -0.381 e. The molecule has 1 N–H and O–H groups in total. The van der Waals surface area contributed by atoms with Crippen molar-refractivity contribution in [2.24, 2.45) is 0 Å². The number of hydrogen-bond donors (Lipinski definition) is 1. The maximum atomic E-state index is 5.59. The van der Waals surface area contributed by atoms with Crippen LogP contribution in [0.15, 0.2) is 30.3 Å². The lowest BCUT2D eigenvalue weighted by molar-refractivity contribution is -0.0544. The molecule has 1 aromatic carbocycles. The molecule has 3 nitrogen and oxygen atoms in total. The smallest absolute Gasteiger partial charge is 0.0483 e. The third-order valence-corrected chi connectivity index (χ3v) is 5.36. The van der Waals surface area contributed by atoms with Gasteiger partial charge in [0.2, 0.25) is 0 Å². The first-order chi connectivity index (χ1) is 10.2. The molecule has 2 heterocycles. The average Bonchev–Trinajstić information content (AvgIpc) is 2.56. The monoisotopic (exact) mass is 288 g/mol. The summed E-state index contributed by atoms with van der Waals surface area (Å²) >= 11 is 0. The summed E-state index contributed by atoms with van der Waals surface area (Å²) in [7, 11) is 0. The number of hydrogen-bond acceptors (Lipinski definition) is 3. The largest absolute Gasteiger partial charge is 0.381 e. The highest BCUT2D eigenvalue weighted by molar-refractivity contribution is 5.20. The van der Waals surface area contributed by atoms with Crippen LogP contribution < -0.4 is 5.32 Å². The van der Waals surface area contributed by atoms with Crippen LogP contribution in [0.1, 0.15) is 44.7 Å². The minimum atomic E-state index is 0.300. The molecule has 3 heteroatoms. The Morgan fingerprint density at radius 1 is 1.24 bits per heavy atom. The summed E-state index contributed by atoms with van der Waals surface area (Å²) in [6.07, 6.45) is 3.53. The number of nitrogens with one attached hydrogen (secondary N) is 1. The molecule has 21 heavy (non-hydrogen) atoms. The zero-order valence-electron chi connectivity index (χ0n) is 13.3. The van der Waals surface area contributed by atoms with E-state index in [4.69, 9.17) is 4.74 Å². The molecule has 2 unspecified atom stereocenters. The second-order valence-corrected chi connectivity index (χ2v) is 6.70. The van der Waals surface area contributed by atoms with Crippen LogP contribution in [0, 0.1) is 0 Å². The molecule has 0 bridgehead atoms. The molecule has 2 atom stereocenters. The average molecular weight is 288 g/mol. The van der Waals surface area contributed by atoms with Crippen molar-refractivity contribution in [2.45, 2.75) is 50.7 Å². The van der Waals surface area contributed by atoms with Crippen molar-refractivity contribution in [1.29, 1.82) is 0 Å². The lowest BCUT2D eigenvalue weighted by atomic mass is 9.86. The standard InChI is InChI=1S/C18H28N2O/c1-3-16-13-19-17(15-7-5-4-6-8-15)14-20(16)18(2)9-11-21-12-10-18/h4-8,16-17,19H,3,9-14H2,1-2H3. The molecular weight excluding hydrogens is 260 g/mol. The lowest BCUT2D eigenvalue weighted by Crippen LogP contribution is -2.62. The van der Waals surface area contributed by atoms with E-state index in [9.17, 15) is 0 Å². The Hall–Kier alpha value is -0.900. The Balaban J connectivity index is 1.78. The fourth-order valence-electron chi connectivity index (χ4n) is 3.83. The summed E-state index contributed by atoms with van der Waals surface area (Å²) < 4.78 is 5.59. The van der Waals surface area contributed by atoms with Gasteiger partial charge in [-0.1, -0.05) is 37.3 Å². The van der Waals surface area contributed by atoms with Crippen LogP contribution in [0.3, 0.4) is 0 Å². The van der Waals surface area contributed by atoms with Crippen molar-refractivity contribution in [3.63, 3.8) is 0 Å². The summed E-state index contributed by atoms with van der Waals surface area (Å²) in [5.74, 6) is 0. The van der Waals surface area contributed by atoms with E-state index >= 15 is 0 Å². The summed E-state index contributed by atoms with van der Waals surface area (Å²) in [5.41, 5.74) is 1.71. The highest BCUT2D eigenvalue weighted by atomic mass is 16.5. The maximum Gasteiger partial charge on any atom is 0.0483 e. The Bertz CT molecular complexity index is 442. The van der Waals surface area contributed by atoms with Crippen LogP contribution in [-0.2, 0) is 4.74 Å². The summed E-state index contributed by atoms with van der Waals surface area (Å²) in [6, 6.07) is 12.0. The van der Waals surface area contributed by atoms with Crippen molar-refractivity contribution in [2.75, 3.05) is 26.3 Å². The fourth-order valence-corrected chi connectivity index (χ4v) is 3.83. The van der Waals surface area contributed by atoms with Gasteiger partial charge in [-0.3, -0.25) is 4.90 Å². The van der Waals surface area contributed by atoms with Gasteiger partial charge in [-0.15, -0.1) is 0 Å². The SMILES string of the molecule is CCC1CNC(c2ccccc2)CN1C1(C)CCOCC1. The van der Waals surface area contributed by atoms with Crippen molar-refractivity contribution in [3.8, 4) is 0 Å². The van der Waals surface area contributed by atoms with Crippen LogP contribution in [0.2, 0.25) is 0 Å². The molecule has 0 aromatic heterocycles. The normalized spacial score (nSPS) is 30.2. The Labute approximate surface area is 128 Å². The summed E-state index contributed by atoms with van der Waals surface area (Å²) in [4.78, 5) is 2.77. The molecule has 3 rings (SSSR count). The van der Waals surface area contributed by atoms with Gasteiger partial charge in [-0.05, 0) is 31.7 Å². The van der Waals surface area contributed by atoms with Gasteiger partial charge in [0.15, 0.2) is 0 Å². The predicted octanol–water partition coefficient (Wildman–Crippen LogP) is 2.98. The molecule has 1 aromatic rings. The Morgan fingerprint density at radius 2 is 1.95 bits per heavy atom. The van der Waals surface area contributed by atoms with Gasteiger partial charge in [0.1, 0.15) is 0 Å².